The van der Waals surface area contributed by atoms with Gasteiger partial charge in [0.1, 0.15) is 13.2 Å². The summed E-state index contributed by atoms with van der Waals surface area (Å²) in [4.78, 5) is 38.0. The van der Waals surface area contributed by atoms with Gasteiger partial charge in [0, 0.05) is 19.3 Å². The molecule has 0 aliphatic carbocycles. The lowest BCUT2D eigenvalue weighted by molar-refractivity contribution is -0.167. The van der Waals surface area contributed by atoms with E-state index in [1.807, 2.05) is 0 Å². The molecule has 1 unspecified atom stereocenters. The summed E-state index contributed by atoms with van der Waals surface area (Å²) in [5.41, 5.74) is 0. The van der Waals surface area contributed by atoms with E-state index in [4.69, 9.17) is 14.2 Å². The van der Waals surface area contributed by atoms with Gasteiger partial charge < -0.3 is 14.2 Å². The summed E-state index contributed by atoms with van der Waals surface area (Å²) in [5, 5.41) is 0. The largest absolute Gasteiger partial charge is 0.462 e. The second-order valence-electron chi connectivity index (χ2n) is 21.6. The number of ether oxygens (including phenoxy) is 3. The Balaban J connectivity index is 4.00. The van der Waals surface area contributed by atoms with E-state index in [2.05, 4.69) is 118 Å². The van der Waals surface area contributed by atoms with Crippen LogP contribution in [0.1, 0.15) is 316 Å². The van der Waals surface area contributed by atoms with Crippen molar-refractivity contribution >= 4 is 17.9 Å². The molecule has 0 N–H and O–H groups in total. The molecule has 0 heterocycles. The minimum absolute atomic E-state index is 0.0753. The first kappa shape index (κ1) is 73.3. The van der Waals surface area contributed by atoms with E-state index < -0.39 is 6.10 Å². The Morgan fingerprint density at radius 2 is 0.506 bits per heavy atom. The maximum Gasteiger partial charge on any atom is 0.306 e. The van der Waals surface area contributed by atoms with E-state index in [0.29, 0.717) is 19.3 Å². The fraction of sp³-hybridized carbons (Fsp3) is 0.732. The normalized spacial score (nSPS) is 12.7. The summed E-state index contributed by atoms with van der Waals surface area (Å²) in [5.74, 6) is -0.880. The molecule has 0 aromatic carbocycles. The van der Waals surface area contributed by atoms with E-state index in [-0.39, 0.29) is 31.1 Å². The Bertz CT molecular complexity index is 1510. The molecule has 6 heteroatoms. The third kappa shape index (κ3) is 63.0. The SMILES string of the molecule is CC/C=C\C/C=C\C/C=C\C/C=C\CCCCCCCCCCCCCCCCCCC(=O)OCC(COC(=O)CCCCCCC)OC(=O)CCCCCCCCCCCCCC/C=C\C/C=C\C/C=C\C/C=C\CC. The second-order valence-corrected chi connectivity index (χ2v) is 21.6. The van der Waals surface area contributed by atoms with Crippen LogP contribution in [0.3, 0.4) is 0 Å². The summed E-state index contributed by atoms with van der Waals surface area (Å²) in [6.45, 7) is 6.36. The Labute approximate surface area is 477 Å². The van der Waals surface area contributed by atoms with Gasteiger partial charge in [0.05, 0.1) is 0 Å². The summed E-state index contributed by atoms with van der Waals surface area (Å²) < 4.78 is 16.8. The standard InChI is InChI=1S/C71H122O6/c1-4-7-10-13-15-17-19-21-23-25-27-29-31-33-34-35-36-38-39-41-43-45-47-49-51-53-55-58-61-64-70(73)76-67-68(66-75-69(72)63-60-57-12-9-6-3)77-71(74)65-62-59-56-54-52-50-48-46-44-42-40-37-32-30-28-26-24-22-20-18-16-14-11-8-5-2/h7-8,10-11,15-18,21-24,27-30,68H,4-6,9,12-14,19-20,25-26,31-67H2,1-3H3/b10-7-,11-8-,17-15-,18-16-,23-21-,24-22-,29-27-,30-28-. The third-order valence-electron chi connectivity index (χ3n) is 14.1. The molecule has 0 fully saturated rings. The molecule has 0 rings (SSSR count). The van der Waals surface area contributed by atoms with Crippen LogP contribution >= 0.6 is 0 Å². The predicted molar refractivity (Wildman–Crippen MR) is 334 cm³/mol. The Morgan fingerprint density at radius 3 is 0.792 bits per heavy atom. The zero-order chi connectivity index (χ0) is 55.7. The first-order valence-electron chi connectivity index (χ1n) is 32.7. The predicted octanol–water partition coefficient (Wildman–Crippen LogP) is 22.4. The molecule has 0 bridgehead atoms. The minimum atomic E-state index is -0.774. The van der Waals surface area contributed by atoms with Gasteiger partial charge in [-0.25, -0.2) is 0 Å². The summed E-state index contributed by atoms with van der Waals surface area (Å²) in [6.07, 6.45) is 87.6. The van der Waals surface area contributed by atoms with E-state index in [0.717, 1.165) is 116 Å². The van der Waals surface area contributed by atoms with Crippen molar-refractivity contribution in [2.75, 3.05) is 13.2 Å². The van der Waals surface area contributed by atoms with Crippen LogP contribution in [0.25, 0.3) is 0 Å². The number of carbonyl (C=O) groups excluding carboxylic acids is 3. The lowest BCUT2D eigenvalue weighted by atomic mass is 10.0. The van der Waals surface area contributed by atoms with Crippen LogP contribution in [-0.2, 0) is 28.6 Å². The first-order chi connectivity index (χ1) is 38.0. The van der Waals surface area contributed by atoms with Crippen LogP contribution in [-0.4, -0.2) is 37.2 Å². The number of allylic oxidation sites excluding steroid dienone is 16. The lowest BCUT2D eigenvalue weighted by Crippen LogP contribution is -2.30. The van der Waals surface area contributed by atoms with Crippen molar-refractivity contribution in [3.05, 3.63) is 97.2 Å². The third-order valence-corrected chi connectivity index (χ3v) is 14.1. The van der Waals surface area contributed by atoms with E-state index in [1.54, 1.807) is 0 Å². The number of rotatable bonds is 59. The topological polar surface area (TPSA) is 78.9 Å². The minimum Gasteiger partial charge on any atom is -0.462 e. The Hall–Kier alpha value is -3.67. The number of hydrogen-bond donors (Lipinski definition) is 0. The van der Waals surface area contributed by atoms with Crippen molar-refractivity contribution in [1.82, 2.24) is 0 Å². The Morgan fingerprint density at radius 1 is 0.273 bits per heavy atom. The molecule has 0 saturated carbocycles. The van der Waals surface area contributed by atoms with Gasteiger partial charge in [-0.2, -0.15) is 0 Å². The molecule has 1 atom stereocenters. The fourth-order valence-corrected chi connectivity index (χ4v) is 9.25. The van der Waals surface area contributed by atoms with E-state index in [9.17, 15) is 14.4 Å². The number of carbonyl (C=O) groups is 3. The average molecular weight is 1070 g/mol. The highest BCUT2D eigenvalue weighted by Gasteiger charge is 2.19. The van der Waals surface area contributed by atoms with Crippen LogP contribution in [0.15, 0.2) is 97.2 Å². The molecule has 0 radical (unpaired) electrons. The van der Waals surface area contributed by atoms with Crippen molar-refractivity contribution in [2.45, 2.75) is 322 Å². The van der Waals surface area contributed by atoms with Gasteiger partial charge in [0.15, 0.2) is 6.10 Å². The molecule has 0 aromatic heterocycles. The first-order valence-corrected chi connectivity index (χ1v) is 32.7. The van der Waals surface area contributed by atoms with Gasteiger partial charge in [-0.3, -0.25) is 14.4 Å². The molecular weight excluding hydrogens is 949 g/mol. The number of hydrogen-bond acceptors (Lipinski definition) is 6. The Kier molecular flexibility index (Phi) is 61.8. The summed E-state index contributed by atoms with van der Waals surface area (Å²) >= 11 is 0. The van der Waals surface area contributed by atoms with Gasteiger partial charge in [-0.1, -0.05) is 298 Å². The monoisotopic (exact) mass is 1070 g/mol. The van der Waals surface area contributed by atoms with Crippen molar-refractivity contribution < 1.29 is 28.6 Å². The number of unbranched alkanes of at least 4 members (excludes halogenated alkanes) is 32. The van der Waals surface area contributed by atoms with Gasteiger partial charge in [0.2, 0.25) is 0 Å². The zero-order valence-corrected chi connectivity index (χ0v) is 50.7. The summed E-state index contributed by atoms with van der Waals surface area (Å²) in [7, 11) is 0. The van der Waals surface area contributed by atoms with Crippen LogP contribution in [0.2, 0.25) is 0 Å². The molecule has 0 saturated heterocycles. The smallest absolute Gasteiger partial charge is 0.306 e. The van der Waals surface area contributed by atoms with Crippen LogP contribution in [0, 0.1) is 0 Å². The van der Waals surface area contributed by atoms with Gasteiger partial charge in [0.25, 0.3) is 0 Å². The van der Waals surface area contributed by atoms with Crippen molar-refractivity contribution in [3.63, 3.8) is 0 Å². The highest BCUT2D eigenvalue weighted by Crippen LogP contribution is 2.17. The van der Waals surface area contributed by atoms with Crippen LogP contribution in [0.4, 0.5) is 0 Å². The summed E-state index contributed by atoms with van der Waals surface area (Å²) in [6, 6.07) is 0. The molecule has 6 nitrogen and oxygen atoms in total. The van der Waals surface area contributed by atoms with E-state index >= 15 is 0 Å². The zero-order valence-electron chi connectivity index (χ0n) is 50.7. The number of esters is 3. The van der Waals surface area contributed by atoms with Gasteiger partial charge in [-0.05, 0) is 96.3 Å². The van der Waals surface area contributed by atoms with Crippen molar-refractivity contribution in [1.29, 1.82) is 0 Å². The van der Waals surface area contributed by atoms with Crippen LogP contribution < -0.4 is 0 Å². The molecule has 0 spiro atoms. The van der Waals surface area contributed by atoms with Crippen LogP contribution in [0.5, 0.6) is 0 Å². The molecule has 0 aliphatic rings. The molecular formula is C71H122O6. The molecule has 0 amide bonds. The van der Waals surface area contributed by atoms with Gasteiger partial charge in [-0.15, -0.1) is 0 Å². The maximum atomic E-state index is 12.8. The molecule has 77 heavy (non-hydrogen) atoms. The highest BCUT2D eigenvalue weighted by atomic mass is 16.6. The second kappa shape index (κ2) is 64.9. The van der Waals surface area contributed by atoms with Crippen molar-refractivity contribution in [3.8, 4) is 0 Å². The molecule has 0 aliphatic heterocycles. The lowest BCUT2D eigenvalue weighted by Gasteiger charge is -2.18. The fourth-order valence-electron chi connectivity index (χ4n) is 9.25. The maximum absolute atomic E-state index is 12.8. The molecule has 442 valence electrons. The molecule has 0 aromatic rings. The van der Waals surface area contributed by atoms with E-state index in [1.165, 1.54) is 161 Å². The van der Waals surface area contributed by atoms with Gasteiger partial charge >= 0.3 is 17.9 Å². The van der Waals surface area contributed by atoms with Crippen molar-refractivity contribution in [2.24, 2.45) is 0 Å². The quantitative estimate of drug-likeness (QED) is 0.0261. The highest BCUT2D eigenvalue weighted by molar-refractivity contribution is 5.71. The average Bonchev–Trinajstić information content (AvgIpc) is 3.43.